The fourth-order valence-corrected chi connectivity index (χ4v) is 3.39. The van der Waals surface area contributed by atoms with Gasteiger partial charge in [-0.2, -0.15) is 0 Å². The maximum atomic E-state index is 14.3. The number of halogens is 2. The average Bonchev–Trinajstić information content (AvgIpc) is 2.71. The molecule has 2 aromatic heterocycles. The molecule has 0 saturated heterocycles. The van der Waals surface area contributed by atoms with Crippen molar-refractivity contribution in [1.82, 2.24) is 15.0 Å². The Morgan fingerprint density at radius 2 is 1.93 bits per heavy atom. The highest BCUT2D eigenvalue weighted by molar-refractivity contribution is 5.52. The highest BCUT2D eigenvalue weighted by Crippen LogP contribution is 2.27. The summed E-state index contributed by atoms with van der Waals surface area (Å²) in [7, 11) is 0. The number of pyridine rings is 1. The topological polar surface area (TPSA) is 53.9 Å². The molecule has 4 rings (SSSR count). The maximum Gasteiger partial charge on any atom is 0.134 e. The van der Waals surface area contributed by atoms with E-state index in [2.05, 4.69) is 25.2 Å². The molecular weight excluding hydrogens is 360 g/mol. The third-order valence-electron chi connectivity index (χ3n) is 5.03. The van der Waals surface area contributed by atoms with E-state index in [4.69, 9.17) is 0 Å². The number of aryl methyl sites for hydroxylation is 2. The predicted octanol–water partition coefficient (Wildman–Crippen LogP) is 3.94. The highest BCUT2D eigenvalue weighted by atomic mass is 19.1. The van der Waals surface area contributed by atoms with Crippen LogP contribution in [0.4, 0.5) is 20.4 Å². The van der Waals surface area contributed by atoms with Crippen molar-refractivity contribution in [3.05, 3.63) is 76.4 Å². The molecule has 0 fully saturated rings. The third-order valence-corrected chi connectivity index (χ3v) is 5.03. The average molecular weight is 381 g/mol. The molecule has 5 nitrogen and oxygen atoms in total. The zero-order chi connectivity index (χ0) is 19.7. The van der Waals surface area contributed by atoms with Gasteiger partial charge in [0.25, 0.3) is 0 Å². The van der Waals surface area contributed by atoms with Gasteiger partial charge in [0.05, 0.1) is 5.69 Å². The number of fused-ring (bicyclic) bond motifs is 1. The van der Waals surface area contributed by atoms with Crippen molar-refractivity contribution in [3.8, 4) is 0 Å². The molecule has 0 amide bonds. The van der Waals surface area contributed by atoms with Gasteiger partial charge in [0, 0.05) is 43.4 Å². The van der Waals surface area contributed by atoms with E-state index < -0.39 is 11.6 Å². The van der Waals surface area contributed by atoms with Crippen LogP contribution >= 0.6 is 0 Å². The Balaban J connectivity index is 1.58. The summed E-state index contributed by atoms with van der Waals surface area (Å²) in [6, 6.07) is 6.75. The summed E-state index contributed by atoms with van der Waals surface area (Å²) >= 11 is 0. The van der Waals surface area contributed by atoms with Gasteiger partial charge in [-0.15, -0.1) is 0 Å². The first-order valence-electron chi connectivity index (χ1n) is 9.20. The van der Waals surface area contributed by atoms with Gasteiger partial charge in [0.15, 0.2) is 0 Å². The van der Waals surface area contributed by atoms with Gasteiger partial charge in [-0.05, 0) is 37.1 Å². The Morgan fingerprint density at radius 1 is 1.07 bits per heavy atom. The highest BCUT2D eigenvalue weighted by Gasteiger charge is 2.22. The minimum absolute atomic E-state index is 0.0141. The van der Waals surface area contributed by atoms with Crippen LogP contribution in [0.5, 0.6) is 0 Å². The minimum atomic E-state index is -0.566. The van der Waals surface area contributed by atoms with Gasteiger partial charge in [-0.25, -0.2) is 23.7 Å². The molecule has 0 aliphatic carbocycles. The molecule has 1 N–H and O–H groups in total. The fourth-order valence-electron chi connectivity index (χ4n) is 3.39. The van der Waals surface area contributed by atoms with Crippen LogP contribution in [0, 0.1) is 25.5 Å². The van der Waals surface area contributed by atoms with E-state index in [1.54, 1.807) is 6.92 Å². The molecular formula is C21H21F2N5. The van der Waals surface area contributed by atoms with Crippen LogP contribution in [-0.4, -0.2) is 21.5 Å². The SMILES string of the molecule is Cc1ccc(N2CCc3ncnc(NCc4c(F)ccc(C)c4F)c3C2)nc1. The van der Waals surface area contributed by atoms with Crippen LogP contribution in [0.3, 0.4) is 0 Å². The number of hydrogen-bond donors (Lipinski definition) is 1. The lowest BCUT2D eigenvalue weighted by Gasteiger charge is -2.30. The maximum absolute atomic E-state index is 14.3. The summed E-state index contributed by atoms with van der Waals surface area (Å²) in [5, 5.41) is 3.10. The summed E-state index contributed by atoms with van der Waals surface area (Å²) in [6.45, 7) is 5.04. The molecule has 0 spiro atoms. The van der Waals surface area contributed by atoms with Crippen LogP contribution in [0.25, 0.3) is 0 Å². The van der Waals surface area contributed by atoms with Gasteiger partial charge in [-0.1, -0.05) is 12.1 Å². The van der Waals surface area contributed by atoms with Gasteiger partial charge < -0.3 is 10.2 Å². The van der Waals surface area contributed by atoms with E-state index >= 15 is 0 Å². The van der Waals surface area contributed by atoms with Gasteiger partial charge in [0.1, 0.15) is 29.6 Å². The second-order valence-electron chi connectivity index (χ2n) is 7.02. The lowest BCUT2D eigenvalue weighted by Crippen LogP contribution is -2.32. The van der Waals surface area contributed by atoms with E-state index in [1.807, 2.05) is 25.3 Å². The second-order valence-corrected chi connectivity index (χ2v) is 7.02. The molecule has 0 unspecified atom stereocenters. The first kappa shape index (κ1) is 18.3. The number of nitrogens with one attached hydrogen (secondary N) is 1. The van der Waals surface area contributed by atoms with Crippen LogP contribution in [0.2, 0.25) is 0 Å². The molecule has 1 aromatic carbocycles. The van der Waals surface area contributed by atoms with Gasteiger partial charge in [-0.3, -0.25) is 0 Å². The Bertz CT molecular complexity index is 1000. The molecule has 3 heterocycles. The number of nitrogens with zero attached hydrogens (tertiary/aromatic N) is 4. The zero-order valence-electron chi connectivity index (χ0n) is 15.8. The summed E-state index contributed by atoms with van der Waals surface area (Å²) in [6.07, 6.45) is 4.09. The monoisotopic (exact) mass is 381 g/mol. The number of anilines is 2. The van der Waals surface area contributed by atoms with Crippen molar-refractivity contribution in [2.24, 2.45) is 0 Å². The summed E-state index contributed by atoms with van der Waals surface area (Å²) in [5.41, 5.74) is 3.42. The van der Waals surface area contributed by atoms with Crippen molar-refractivity contribution in [3.63, 3.8) is 0 Å². The molecule has 1 aliphatic heterocycles. The Hall–Kier alpha value is -3.09. The number of aromatic nitrogens is 3. The lowest BCUT2D eigenvalue weighted by molar-refractivity contribution is 0.554. The van der Waals surface area contributed by atoms with Gasteiger partial charge in [0.2, 0.25) is 0 Å². The Labute approximate surface area is 162 Å². The third kappa shape index (κ3) is 3.52. The lowest BCUT2D eigenvalue weighted by atomic mass is 10.1. The first-order valence-corrected chi connectivity index (χ1v) is 9.20. The molecule has 0 saturated carbocycles. The largest absolute Gasteiger partial charge is 0.365 e. The number of hydrogen-bond acceptors (Lipinski definition) is 5. The Morgan fingerprint density at radius 3 is 2.71 bits per heavy atom. The molecule has 144 valence electrons. The fraction of sp³-hybridized carbons (Fsp3) is 0.286. The van der Waals surface area contributed by atoms with Crippen LogP contribution in [-0.2, 0) is 19.5 Å². The molecule has 7 heteroatoms. The van der Waals surface area contributed by atoms with E-state index in [-0.39, 0.29) is 12.1 Å². The quantitative estimate of drug-likeness (QED) is 0.742. The smallest absolute Gasteiger partial charge is 0.134 e. The van der Waals surface area contributed by atoms with E-state index in [0.717, 1.165) is 35.6 Å². The summed E-state index contributed by atoms with van der Waals surface area (Å²) in [4.78, 5) is 15.4. The van der Waals surface area contributed by atoms with Crippen molar-refractivity contribution in [2.75, 3.05) is 16.8 Å². The van der Waals surface area contributed by atoms with E-state index in [1.165, 1.54) is 18.5 Å². The molecule has 0 bridgehead atoms. The molecule has 3 aromatic rings. The predicted molar refractivity (Wildman–Crippen MR) is 104 cm³/mol. The first-order chi connectivity index (χ1) is 13.5. The number of benzene rings is 1. The van der Waals surface area contributed by atoms with E-state index in [9.17, 15) is 8.78 Å². The molecule has 0 atom stereocenters. The molecule has 0 radical (unpaired) electrons. The van der Waals surface area contributed by atoms with Crippen molar-refractivity contribution >= 4 is 11.6 Å². The zero-order valence-corrected chi connectivity index (χ0v) is 15.8. The molecule has 28 heavy (non-hydrogen) atoms. The van der Waals surface area contributed by atoms with Crippen molar-refractivity contribution < 1.29 is 8.78 Å². The molecule has 1 aliphatic rings. The summed E-state index contributed by atoms with van der Waals surface area (Å²) in [5.74, 6) is 0.397. The van der Waals surface area contributed by atoms with Crippen molar-refractivity contribution in [2.45, 2.75) is 33.4 Å². The van der Waals surface area contributed by atoms with Crippen LogP contribution in [0.1, 0.15) is 27.9 Å². The normalized spacial score (nSPS) is 13.4. The van der Waals surface area contributed by atoms with Crippen LogP contribution < -0.4 is 10.2 Å². The number of rotatable bonds is 4. The van der Waals surface area contributed by atoms with Gasteiger partial charge >= 0.3 is 0 Å². The Kier molecular flexibility index (Phi) is 4.90. The second kappa shape index (κ2) is 7.50. The standard InChI is InChI=1S/C21H21F2N5/c1-13-3-6-19(24-9-13)28-8-7-18-16(11-28)21(27-12-26-18)25-10-15-17(22)5-4-14(2)20(15)23/h3-6,9,12H,7-8,10-11H2,1-2H3,(H,25,26,27). The summed E-state index contributed by atoms with van der Waals surface area (Å²) < 4.78 is 28.4. The van der Waals surface area contributed by atoms with E-state index in [0.29, 0.717) is 17.9 Å². The minimum Gasteiger partial charge on any atom is -0.365 e. The van der Waals surface area contributed by atoms with Crippen LogP contribution in [0.15, 0.2) is 36.8 Å². The van der Waals surface area contributed by atoms with Crippen molar-refractivity contribution in [1.29, 1.82) is 0 Å².